The van der Waals surface area contributed by atoms with Gasteiger partial charge in [-0.05, 0) is 109 Å². The standard InChI is InChI=1S/C34H52FN7O9S/c1-23(2)42(24(3)4)30(43)28-18-26(35)7-8-29(28)48-32-31(49-37-51-50-32)39-21-34(22-39)11-16-38(17-12-34)19-25-9-14-40(15-10-25)52(46,47)41-13-5-6-27(20-41)36-33(44)45/h7-8,18,23-25,27,36-37H,5-6,9-17,19-22H2,1-4H3,(H,44,45)/t27-/m1/s1. The van der Waals surface area contributed by atoms with E-state index >= 15 is 0 Å². The van der Waals surface area contributed by atoms with Crippen LogP contribution in [0.2, 0.25) is 0 Å². The van der Waals surface area contributed by atoms with Crippen molar-refractivity contribution in [3.05, 3.63) is 29.6 Å². The van der Waals surface area contributed by atoms with Gasteiger partial charge in [0.2, 0.25) is 0 Å². The highest BCUT2D eigenvalue weighted by Gasteiger charge is 2.48. The quantitative estimate of drug-likeness (QED) is 0.271. The highest BCUT2D eigenvalue weighted by Crippen LogP contribution is 2.46. The van der Waals surface area contributed by atoms with Crippen molar-refractivity contribution in [1.82, 2.24) is 29.1 Å². The summed E-state index contributed by atoms with van der Waals surface area (Å²) in [6.07, 6.45) is 3.68. The fourth-order valence-electron chi connectivity index (χ4n) is 8.23. The number of piperidine rings is 3. The zero-order chi connectivity index (χ0) is 37.2. The number of hydrogen-bond acceptors (Lipinski definition) is 10. The van der Waals surface area contributed by atoms with Gasteiger partial charge in [-0.3, -0.25) is 4.79 Å². The van der Waals surface area contributed by atoms with Gasteiger partial charge < -0.3 is 34.4 Å². The lowest BCUT2D eigenvalue weighted by atomic mass is 9.72. The maximum atomic E-state index is 14.4. The van der Waals surface area contributed by atoms with Crippen LogP contribution in [0.4, 0.5) is 15.1 Å². The van der Waals surface area contributed by atoms with Crippen molar-refractivity contribution in [1.29, 1.82) is 0 Å². The van der Waals surface area contributed by atoms with Crippen LogP contribution in [0.3, 0.4) is 0 Å². The minimum absolute atomic E-state index is 0.0572. The molecule has 4 aliphatic rings. The Balaban J connectivity index is 0.999. The minimum atomic E-state index is -3.64. The Kier molecular flexibility index (Phi) is 11.5. The number of aromatic nitrogens is 1. The molecule has 4 aliphatic heterocycles. The first-order chi connectivity index (χ1) is 24.7. The molecule has 4 saturated heterocycles. The second-order valence-corrected chi connectivity index (χ2v) is 17.2. The highest BCUT2D eigenvalue weighted by atomic mass is 32.2. The van der Waals surface area contributed by atoms with Gasteiger partial charge in [0, 0.05) is 69.4 Å². The second kappa shape index (κ2) is 15.7. The Labute approximate surface area is 303 Å². The maximum Gasteiger partial charge on any atom is 0.404 e. The molecule has 52 heavy (non-hydrogen) atoms. The molecule has 0 saturated carbocycles. The first kappa shape index (κ1) is 38.0. The van der Waals surface area contributed by atoms with E-state index in [1.165, 1.54) is 16.4 Å². The topological polar surface area (TPSA) is 181 Å². The van der Waals surface area contributed by atoms with Gasteiger partial charge in [-0.15, -0.1) is 0 Å². The van der Waals surface area contributed by atoms with Gasteiger partial charge in [-0.2, -0.15) is 21.7 Å². The molecule has 2 aromatic rings. The summed E-state index contributed by atoms with van der Waals surface area (Å²) in [5.74, 6) is -0.249. The van der Waals surface area contributed by atoms with Crippen molar-refractivity contribution >= 4 is 28.1 Å². The van der Waals surface area contributed by atoms with Gasteiger partial charge in [0.25, 0.3) is 16.1 Å². The molecule has 1 spiro atoms. The predicted octanol–water partition coefficient (Wildman–Crippen LogP) is 4.70. The van der Waals surface area contributed by atoms with E-state index in [2.05, 4.69) is 15.5 Å². The van der Waals surface area contributed by atoms with Crippen LogP contribution in [-0.4, -0.2) is 126 Å². The van der Waals surface area contributed by atoms with E-state index in [1.54, 1.807) is 9.21 Å². The number of benzene rings is 1. The van der Waals surface area contributed by atoms with E-state index in [4.69, 9.17) is 23.6 Å². The molecular weight excluding hydrogens is 701 g/mol. The fourth-order valence-corrected chi connectivity index (χ4v) is 9.96. The summed E-state index contributed by atoms with van der Waals surface area (Å²) in [5, 5.41) is 13.8. The molecule has 4 fully saturated rings. The summed E-state index contributed by atoms with van der Waals surface area (Å²) in [6, 6.07) is 3.14. The largest absolute Gasteiger partial charge is 0.465 e. The number of amides is 2. The molecule has 1 aromatic heterocycles. The average molecular weight is 754 g/mol. The van der Waals surface area contributed by atoms with Gasteiger partial charge >= 0.3 is 17.9 Å². The SMILES string of the molecule is CC(C)N(C(=O)c1cc(F)ccc1Oc1oo[nH]oc1N1CC2(CCN(CC3CCN(S(=O)(=O)N4CCC[C@@H](NC(=O)O)C4)CC3)CC2)C1)C(C)C. The summed E-state index contributed by atoms with van der Waals surface area (Å²) in [6.45, 7) is 13.3. The number of carboxylic acid groups (broad SMARTS) is 1. The summed E-state index contributed by atoms with van der Waals surface area (Å²) in [4.78, 5) is 30.7. The van der Waals surface area contributed by atoms with Crippen LogP contribution in [0.1, 0.15) is 76.6 Å². The Bertz CT molecular complexity index is 1690. The number of aromatic amines is 1. The lowest BCUT2D eigenvalue weighted by molar-refractivity contribution is -0.0940. The van der Waals surface area contributed by atoms with Gasteiger partial charge in [0.05, 0.1) is 5.56 Å². The van der Waals surface area contributed by atoms with Gasteiger partial charge in [-0.1, -0.05) is 0 Å². The number of likely N-dealkylation sites (tertiary alicyclic amines) is 1. The Hall–Kier alpha value is -3.74. The highest BCUT2D eigenvalue weighted by molar-refractivity contribution is 7.86. The molecule has 290 valence electrons. The Morgan fingerprint density at radius 2 is 1.75 bits per heavy atom. The third-order valence-corrected chi connectivity index (χ3v) is 12.9. The van der Waals surface area contributed by atoms with Gasteiger partial charge in [0.1, 0.15) is 11.6 Å². The zero-order valence-corrected chi connectivity index (χ0v) is 31.2. The van der Waals surface area contributed by atoms with E-state index in [0.717, 1.165) is 51.4 Å². The first-order valence-corrected chi connectivity index (χ1v) is 19.7. The third kappa shape index (κ3) is 8.39. The van der Waals surface area contributed by atoms with Crippen LogP contribution >= 0.6 is 0 Å². The molecule has 6 rings (SSSR count). The van der Waals surface area contributed by atoms with Crippen LogP contribution in [0, 0.1) is 17.2 Å². The number of nitrogens with one attached hydrogen (secondary N) is 2. The maximum absolute atomic E-state index is 14.4. The van der Waals surface area contributed by atoms with Crippen molar-refractivity contribution in [3.63, 3.8) is 0 Å². The second-order valence-electron chi connectivity index (χ2n) is 15.2. The van der Waals surface area contributed by atoms with Crippen LogP contribution in [0.5, 0.6) is 11.7 Å². The zero-order valence-electron chi connectivity index (χ0n) is 30.4. The van der Waals surface area contributed by atoms with Crippen LogP contribution < -0.4 is 15.0 Å². The van der Waals surface area contributed by atoms with Crippen molar-refractivity contribution in [2.75, 3.05) is 63.8 Å². The van der Waals surface area contributed by atoms with E-state index in [0.29, 0.717) is 51.5 Å². The van der Waals surface area contributed by atoms with Gasteiger partial charge in [0.15, 0.2) is 0 Å². The molecule has 2 amide bonds. The molecule has 18 heteroatoms. The Morgan fingerprint density at radius 3 is 2.40 bits per heavy atom. The lowest BCUT2D eigenvalue weighted by Crippen LogP contribution is -2.61. The molecule has 0 radical (unpaired) electrons. The number of H-pyrrole nitrogens is 1. The summed E-state index contributed by atoms with van der Waals surface area (Å²) < 4.78 is 65.8. The van der Waals surface area contributed by atoms with E-state index in [-0.39, 0.29) is 59.1 Å². The molecule has 3 N–H and O–H groups in total. The summed E-state index contributed by atoms with van der Waals surface area (Å²) >= 11 is 0. The molecule has 1 aromatic carbocycles. The number of anilines is 1. The Morgan fingerprint density at radius 1 is 1.06 bits per heavy atom. The molecule has 5 heterocycles. The number of carbonyl (C=O) groups is 2. The third-order valence-electron chi connectivity index (χ3n) is 10.9. The molecule has 16 nitrogen and oxygen atoms in total. The van der Waals surface area contributed by atoms with E-state index < -0.39 is 22.1 Å². The average Bonchev–Trinajstić information content (AvgIpc) is 3.08. The molecule has 0 aliphatic carbocycles. The lowest BCUT2D eigenvalue weighted by Gasteiger charge is -2.54. The van der Waals surface area contributed by atoms with Crippen molar-refractivity contribution in [2.24, 2.45) is 11.3 Å². The first-order valence-electron chi connectivity index (χ1n) is 18.3. The fraction of sp³-hybridized carbons (Fsp3) is 0.706. The number of halogens is 1. The van der Waals surface area contributed by atoms with Crippen molar-refractivity contribution in [2.45, 2.75) is 84.3 Å². The number of carbonyl (C=O) groups excluding carboxylic acids is 1. The molecular formula is C34H52FN7O9S. The summed E-state index contributed by atoms with van der Waals surface area (Å²) in [5.41, 5.74) is 0.142. The molecule has 0 unspecified atom stereocenters. The monoisotopic (exact) mass is 753 g/mol. The van der Waals surface area contributed by atoms with Crippen LogP contribution in [0.15, 0.2) is 32.0 Å². The molecule has 1 atom stereocenters. The molecule has 0 bridgehead atoms. The minimum Gasteiger partial charge on any atom is -0.465 e. The van der Waals surface area contributed by atoms with Crippen molar-refractivity contribution in [3.8, 4) is 11.7 Å². The van der Waals surface area contributed by atoms with Gasteiger partial charge in [-0.25, -0.2) is 13.8 Å². The summed E-state index contributed by atoms with van der Waals surface area (Å²) in [7, 11) is -3.64. The van der Waals surface area contributed by atoms with E-state index in [9.17, 15) is 22.4 Å². The number of ether oxygens (including phenoxy) is 1. The van der Waals surface area contributed by atoms with E-state index in [1.807, 2.05) is 32.6 Å². The number of hydrogen-bond donors (Lipinski definition) is 3. The normalized spacial score (nSPS) is 22.1. The van der Waals surface area contributed by atoms with Crippen molar-refractivity contribution < 1.29 is 46.0 Å². The van der Waals surface area contributed by atoms with Crippen LogP contribution in [-0.2, 0) is 10.2 Å². The number of rotatable bonds is 11. The van der Waals surface area contributed by atoms with Crippen LogP contribution in [0.25, 0.3) is 0 Å². The predicted molar refractivity (Wildman–Crippen MR) is 187 cm³/mol. The smallest absolute Gasteiger partial charge is 0.404 e. The number of nitrogens with zero attached hydrogens (tertiary/aromatic N) is 5.